The first kappa shape index (κ1) is 10.2. The van der Waals surface area contributed by atoms with Crippen LogP contribution in [-0.4, -0.2) is 5.91 Å². The Balaban J connectivity index is 2.23. The van der Waals surface area contributed by atoms with Crippen LogP contribution in [0.2, 0.25) is 0 Å². The van der Waals surface area contributed by atoms with Gasteiger partial charge >= 0.3 is 0 Å². The van der Waals surface area contributed by atoms with Crippen LogP contribution in [0.5, 0.6) is 0 Å². The lowest BCUT2D eigenvalue weighted by Crippen LogP contribution is -2.03. The number of anilines is 1. The smallest absolute Gasteiger partial charge is 0.228 e. The molecule has 0 fully saturated rings. The van der Waals surface area contributed by atoms with Gasteiger partial charge in [0, 0.05) is 5.69 Å². The van der Waals surface area contributed by atoms with E-state index in [0.29, 0.717) is 12.3 Å². The van der Waals surface area contributed by atoms with E-state index in [1.165, 1.54) is 18.4 Å². The minimum Gasteiger partial charge on any atom is -0.326 e. The van der Waals surface area contributed by atoms with Crippen LogP contribution in [0.3, 0.4) is 0 Å². The maximum atomic E-state index is 11.2. The summed E-state index contributed by atoms with van der Waals surface area (Å²) in [5, 5.41) is 2.90. The summed E-state index contributed by atoms with van der Waals surface area (Å²) in [7, 11) is 0. The Morgan fingerprint density at radius 3 is 3.00 bits per heavy atom. The number of carbonyl (C=O) groups excluding carboxylic acids is 1. The van der Waals surface area contributed by atoms with Gasteiger partial charge < -0.3 is 5.32 Å². The second-order valence-electron chi connectivity index (χ2n) is 4.33. The number of carbonyl (C=O) groups is 1. The molecule has 2 rings (SSSR count). The Labute approximate surface area is 90.7 Å². The van der Waals surface area contributed by atoms with Crippen LogP contribution >= 0.6 is 0 Å². The number of benzene rings is 1. The van der Waals surface area contributed by atoms with Crippen molar-refractivity contribution in [2.45, 2.75) is 39.0 Å². The first-order valence-electron chi connectivity index (χ1n) is 5.63. The molecule has 2 heteroatoms. The number of hydrogen-bond donors (Lipinski definition) is 1. The van der Waals surface area contributed by atoms with Gasteiger partial charge in [-0.25, -0.2) is 0 Å². The maximum Gasteiger partial charge on any atom is 0.228 e. The van der Waals surface area contributed by atoms with Gasteiger partial charge in [0.1, 0.15) is 0 Å². The van der Waals surface area contributed by atoms with Crippen LogP contribution in [0, 0.1) is 0 Å². The van der Waals surface area contributed by atoms with Crippen LogP contribution in [-0.2, 0) is 11.2 Å². The summed E-state index contributed by atoms with van der Waals surface area (Å²) in [6.45, 7) is 4.44. The maximum absolute atomic E-state index is 11.2. The molecule has 1 aliphatic heterocycles. The molecule has 2 nitrogen and oxygen atoms in total. The molecule has 1 aromatic rings. The van der Waals surface area contributed by atoms with Gasteiger partial charge in [-0.15, -0.1) is 0 Å². The van der Waals surface area contributed by atoms with E-state index >= 15 is 0 Å². The second kappa shape index (κ2) is 4.05. The molecule has 0 aliphatic carbocycles. The fourth-order valence-corrected chi connectivity index (χ4v) is 2.14. The quantitative estimate of drug-likeness (QED) is 0.803. The van der Waals surface area contributed by atoms with Crippen molar-refractivity contribution in [2.75, 3.05) is 5.32 Å². The molecular weight excluding hydrogens is 186 g/mol. The number of nitrogens with one attached hydrogen (secondary N) is 1. The van der Waals surface area contributed by atoms with E-state index in [4.69, 9.17) is 0 Å². The van der Waals surface area contributed by atoms with Crippen molar-refractivity contribution in [3.8, 4) is 0 Å². The van der Waals surface area contributed by atoms with E-state index in [-0.39, 0.29) is 5.91 Å². The lowest BCUT2D eigenvalue weighted by Gasteiger charge is -2.11. The lowest BCUT2D eigenvalue weighted by molar-refractivity contribution is -0.115. The topological polar surface area (TPSA) is 29.1 Å². The molecule has 1 N–H and O–H groups in total. The number of rotatable bonds is 3. The molecule has 15 heavy (non-hydrogen) atoms. The SMILES string of the molecule is CCCC(C)c1ccc2c(c1)NC(=O)C2. The van der Waals surface area contributed by atoms with Crippen molar-refractivity contribution in [2.24, 2.45) is 0 Å². The Morgan fingerprint density at radius 2 is 2.27 bits per heavy atom. The van der Waals surface area contributed by atoms with Crippen molar-refractivity contribution >= 4 is 11.6 Å². The van der Waals surface area contributed by atoms with Crippen molar-refractivity contribution in [3.05, 3.63) is 29.3 Å². The average Bonchev–Trinajstić information content (AvgIpc) is 2.57. The molecule has 0 radical (unpaired) electrons. The number of hydrogen-bond acceptors (Lipinski definition) is 1. The summed E-state index contributed by atoms with van der Waals surface area (Å²) in [5.41, 5.74) is 3.48. The molecule has 1 unspecified atom stereocenters. The first-order chi connectivity index (χ1) is 7.20. The molecule has 0 saturated carbocycles. The predicted molar refractivity (Wildman–Crippen MR) is 62.1 cm³/mol. The molecule has 1 aliphatic rings. The molecule has 0 spiro atoms. The van der Waals surface area contributed by atoms with Gasteiger partial charge in [0.2, 0.25) is 5.91 Å². The molecule has 0 bridgehead atoms. The van der Waals surface area contributed by atoms with Gasteiger partial charge in [0.15, 0.2) is 0 Å². The van der Waals surface area contributed by atoms with Gasteiger partial charge in [0.05, 0.1) is 6.42 Å². The Hall–Kier alpha value is -1.31. The van der Waals surface area contributed by atoms with Gasteiger partial charge in [-0.2, -0.15) is 0 Å². The third kappa shape index (κ3) is 2.04. The Bertz CT molecular complexity index is 384. The third-order valence-corrected chi connectivity index (χ3v) is 3.05. The highest BCUT2D eigenvalue weighted by atomic mass is 16.1. The van der Waals surface area contributed by atoms with Crippen LogP contribution in [0.15, 0.2) is 18.2 Å². The predicted octanol–water partition coefficient (Wildman–Crippen LogP) is 3.08. The zero-order chi connectivity index (χ0) is 10.8. The summed E-state index contributed by atoms with van der Waals surface area (Å²) < 4.78 is 0. The van der Waals surface area contributed by atoms with E-state index in [1.54, 1.807) is 0 Å². The van der Waals surface area contributed by atoms with Crippen molar-refractivity contribution < 1.29 is 4.79 Å². The highest BCUT2D eigenvalue weighted by Gasteiger charge is 2.18. The third-order valence-electron chi connectivity index (χ3n) is 3.05. The molecule has 0 aromatic heterocycles. The van der Waals surface area contributed by atoms with Crippen molar-refractivity contribution in [1.82, 2.24) is 0 Å². The minimum absolute atomic E-state index is 0.116. The zero-order valence-corrected chi connectivity index (χ0v) is 9.34. The Kier molecular flexibility index (Phi) is 2.76. The Morgan fingerprint density at radius 1 is 1.47 bits per heavy atom. The van der Waals surface area contributed by atoms with E-state index in [2.05, 4.69) is 37.4 Å². The lowest BCUT2D eigenvalue weighted by atomic mass is 9.95. The summed E-state index contributed by atoms with van der Waals surface area (Å²) in [6.07, 6.45) is 2.94. The molecule has 1 aromatic carbocycles. The molecule has 1 atom stereocenters. The minimum atomic E-state index is 0.116. The van der Waals surface area contributed by atoms with Crippen LogP contribution in [0.1, 0.15) is 43.7 Å². The van der Waals surface area contributed by atoms with Gasteiger partial charge in [-0.1, -0.05) is 32.4 Å². The summed E-state index contributed by atoms with van der Waals surface area (Å²) in [6, 6.07) is 6.36. The summed E-state index contributed by atoms with van der Waals surface area (Å²) >= 11 is 0. The van der Waals surface area contributed by atoms with Gasteiger partial charge in [0.25, 0.3) is 0 Å². The molecule has 80 valence electrons. The van der Waals surface area contributed by atoms with Crippen molar-refractivity contribution in [1.29, 1.82) is 0 Å². The van der Waals surface area contributed by atoms with Crippen LogP contribution in [0.25, 0.3) is 0 Å². The van der Waals surface area contributed by atoms with E-state index in [1.807, 2.05) is 0 Å². The van der Waals surface area contributed by atoms with Crippen LogP contribution < -0.4 is 5.32 Å². The van der Waals surface area contributed by atoms with E-state index in [0.717, 1.165) is 11.3 Å². The second-order valence-corrected chi connectivity index (χ2v) is 4.33. The highest BCUT2D eigenvalue weighted by Crippen LogP contribution is 2.29. The van der Waals surface area contributed by atoms with E-state index < -0.39 is 0 Å². The fraction of sp³-hybridized carbons (Fsp3) is 0.462. The highest BCUT2D eigenvalue weighted by molar-refractivity contribution is 5.99. The van der Waals surface area contributed by atoms with Gasteiger partial charge in [-0.3, -0.25) is 4.79 Å². The van der Waals surface area contributed by atoms with E-state index in [9.17, 15) is 4.79 Å². The largest absolute Gasteiger partial charge is 0.326 e. The summed E-state index contributed by atoms with van der Waals surface area (Å²) in [4.78, 5) is 11.2. The number of amides is 1. The monoisotopic (exact) mass is 203 g/mol. The summed E-state index contributed by atoms with van der Waals surface area (Å²) in [5.74, 6) is 0.697. The zero-order valence-electron chi connectivity index (χ0n) is 9.34. The molecule has 1 heterocycles. The van der Waals surface area contributed by atoms with Crippen molar-refractivity contribution in [3.63, 3.8) is 0 Å². The molecular formula is C13H17NO. The molecule has 0 saturated heterocycles. The fourth-order valence-electron chi connectivity index (χ4n) is 2.14. The standard InChI is InChI=1S/C13H17NO/c1-3-4-9(2)10-5-6-11-8-13(15)14-12(11)7-10/h5-7,9H,3-4,8H2,1-2H3,(H,14,15). The normalized spacial score (nSPS) is 16.0. The number of fused-ring (bicyclic) bond motifs is 1. The van der Waals surface area contributed by atoms with Crippen LogP contribution in [0.4, 0.5) is 5.69 Å². The molecule has 1 amide bonds. The van der Waals surface area contributed by atoms with Gasteiger partial charge in [-0.05, 0) is 29.5 Å². The average molecular weight is 203 g/mol. The first-order valence-corrected chi connectivity index (χ1v) is 5.63.